The van der Waals surface area contributed by atoms with Crippen molar-refractivity contribution < 1.29 is 9.18 Å². The molecule has 0 unspecified atom stereocenters. The highest BCUT2D eigenvalue weighted by atomic mass is 79.9. The average molecular weight is 484 g/mol. The van der Waals surface area contributed by atoms with Gasteiger partial charge in [-0.05, 0) is 85.4 Å². The molecule has 6 nitrogen and oxygen atoms in total. The van der Waals surface area contributed by atoms with Crippen molar-refractivity contribution >= 4 is 55.9 Å². The maximum absolute atomic E-state index is 13.1. The van der Waals surface area contributed by atoms with Crippen molar-refractivity contribution in [3.05, 3.63) is 82.1 Å². The van der Waals surface area contributed by atoms with Gasteiger partial charge in [0.25, 0.3) is 5.91 Å². The van der Waals surface area contributed by atoms with Crippen LogP contribution in [0.5, 0.6) is 0 Å². The van der Waals surface area contributed by atoms with Gasteiger partial charge >= 0.3 is 0 Å². The number of nitrogens with zero attached hydrogens (tertiary/aromatic N) is 3. The van der Waals surface area contributed by atoms with E-state index in [1.54, 1.807) is 42.5 Å². The zero-order valence-corrected chi connectivity index (χ0v) is 18.1. The van der Waals surface area contributed by atoms with Gasteiger partial charge in [0.05, 0.1) is 5.69 Å². The van der Waals surface area contributed by atoms with E-state index in [-0.39, 0.29) is 16.8 Å². The number of anilines is 1. The van der Waals surface area contributed by atoms with Gasteiger partial charge in [-0.25, -0.2) is 4.39 Å². The highest BCUT2D eigenvalue weighted by Crippen LogP contribution is 2.22. The van der Waals surface area contributed by atoms with Crippen LogP contribution in [0.3, 0.4) is 0 Å². The molecular weight excluding hydrogens is 469 g/mol. The molecule has 0 spiro atoms. The standard InChI is InChI=1S/C21H15BrFN5OS/c1-12-10-18-19(27-28(26-18)16-8-6-15(23)7-9-16)11-17(12)24-21(30)25-20(29)13-2-4-14(22)5-3-13/h2-11H,1H3,(H2,24,25,29,30). The Balaban J connectivity index is 1.52. The van der Waals surface area contributed by atoms with Crippen LogP contribution < -0.4 is 10.6 Å². The molecule has 3 aromatic carbocycles. The van der Waals surface area contributed by atoms with Crippen LogP contribution in [0.1, 0.15) is 15.9 Å². The molecule has 0 saturated carbocycles. The highest BCUT2D eigenvalue weighted by molar-refractivity contribution is 9.10. The third-order valence-electron chi connectivity index (χ3n) is 4.37. The molecule has 0 saturated heterocycles. The summed E-state index contributed by atoms with van der Waals surface area (Å²) >= 11 is 8.62. The van der Waals surface area contributed by atoms with Crippen LogP contribution in [0.15, 0.2) is 65.1 Å². The van der Waals surface area contributed by atoms with Gasteiger partial charge in [-0.2, -0.15) is 4.80 Å². The second-order valence-corrected chi connectivity index (χ2v) is 7.86. The van der Waals surface area contributed by atoms with E-state index in [9.17, 15) is 9.18 Å². The highest BCUT2D eigenvalue weighted by Gasteiger charge is 2.12. The van der Waals surface area contributed by atoms with Gasteiger partial charge in [0, 0.05) is 15.7 Å². The number of nitrogens with one attached hydrogen (secondary N) is 2. The molecule has 150 valence electrons. The minimum atomic E-state index is -0.323. The predicted octanol–water partition coefficient (Wildman–Crippen LogP) is 4.76. The molecule has 1 aromatic heterocycles. The first kappa shape index (κ1) is 20.1. The number of rotatable bonds is 3. The van der Waals surface area contributed by atoms with Crippen LogP contribution in [-0.4, -0.2) is 26.0 Å². The Bertz CT molecular complexity index is 1260. The summed E-state index contributed by atoms with van der Waals surface area (Å²) in [7, 11) is 0. The summed E-state index contributed by atoms with van der Waals surface area (Å²) in [6.45, 7) is 1.90. The Morgan fingerprint density at radius 3 is 2.33 bits per heavy atom. The zero-order chi connectivity index (χ0) is 21.3. The van der Waals surface area contributed by atoms with E-state index in [4.69, 9.17) is 12.2 Å². The van der Waals surface area contributed by atoms with E-state index in [0.717, 1.165) is 10.0 Å². The molecule has 4 rings (SSSR count). The van der Waals surface area contributed by atoms with Gasteiger partial charge in [-0.1, -0.05) is 15.9 Å². The number of aryl methyl sites for hydroxylation is 1. The molecular formula is C21H15BrFN5OS. The second-order valence-electron chi connectivity index (χ2n) is 6.54. The monoisotopic (exact) mass is 483 g/mol. The van der Waals surface area contributed by atoms with Crippen molar-refractivity contribution in [1.82, 2.24) is 20.3 Å². The lowest BCUT2D eigenvalue weighted by Gasteiger charge is -2.11. The molecule has 9 heteroatoms. The summed E-state index contributed by atoms with van der Waals surface area (Å²) in [5.74, 6) is -0.627. The topological polar surface area (TPSA) is 71.8 Å². The van der Waals surface area contributed by atoms with Gasteiger partial charge in [0.1, 0.15) is 16.9 Å². The Hall–Kier alpha value is -3.17. The van der Waals surface area contributed by atoms with Crippen LogP contribution >= 0.6 is 28.1 Å². The van der Waals surface area contributed by atoms with Crippen LogP contribution in [0.25, 0.3) is 16.7 Å². The average Bonchev–Trinajstić information content (AvgIpc) is 3.11. The lowest BCUT2D eigenvalue weighted by Crippen LogP contribution is -2.34. The number of hydrogen-bond acceptors (Lipinski definition) is 4. The molecule has 0 radical (unpaired) electrons. The van der Waals surface area contributed by atoms with Crippen molar-refractivity contribution in [1.29, 1.82) is 0 Å². The second kappa shape index (κ2) is 8.29. The van der Waals surface area contributed by atoms with E-state index in [1.165, 1.54) is 16.9 Å². The fourth-order valence-corrected chi connectivity index (χ4v) is 3.29. The van der Waals surface area contributed by atoms with Crippen LogP contribution in [0.4, 0.5) is 10.1 Å². The molecule has 0 aliphatic rings. The summed E-state index contributed by atoms with van der Waals surface area (Å²) in [5, 5.41) is 14.8. The lowest BCUT2D eigenvalue weighted by molar-refractivity contribution is 0.0977. The van der Waals surface area contributed by atoms with Gasteiger partial charge in [-0.3, -0.25) is 10.1 Å². The molecule has 0 bridgehead atoms. The summed E-state index contributed by atoms with van der Waals surface area (Å²) in [6.07, 6.45) is 0. The minimum Gasteiger partial charge on any atom is -0.332 e. The smallest absolute Gasteiger partial charge is 0.257 e. The van der Waals surface area contributed by atoms with Gasteiger partial charge < -0.3 is 5.32 Å². The number of carbonyl (C=O) groups is 1. The molecule has 0 atom stereocenters. The summed E-state index contributed by atoms with van der Waals surface area (Å²) in [5.41, 5.74) is 4.05. The summed E-state index contributed by atoms with van der Waals surface area (Å²) in [6, 6.07) is 16.6. The van der Waals surface area contributed by atoms with Crippen LogP contribution in [0.2, 0.25) is 0 Å². The Morgan fingerprint density at radius 2 is 1.67 bits per heavy atom. The molecule has 1 amide bonds. The summed E-state index contributed by atoms with van der Waals surface area (Å²) in [4.78, 5) is 13.8. The van der Waals surface area contributed by atoms with E-state index in [0.29, 0.717) is 28.0 Å². The SMILES string of the molecule is Cc1cc2nn(-c3ccc(F)cc3)nc2cc1NC(=S)NC(=O)c1ccc(Br)cc1. The maximum atomic E-state index is 13.1. The third-order valence-corrected chi connectivity index (χ3v) is 5.10. The zero-order valence-electron chi connectivity index (χ0n) is 15.7. The van der Waals surface area contributed by atoms with E-state index in [1.807, 2.05) is 13.0 Å². The Morgan fingerprint density at radius 1 is 1.03 bits per heavy atom. The van der Waals surface area contributed by atoms with Gasteiger partial charge in [0.15, 0.2) is 5.11 Å². The number of fused-ring (bicyclic) bond motifs is 1. The maximum Gasteiger partial charge on any atom is 0.257 e. The molecule has 4 aromatic rings. The minimum absolute atomic E-state index is 0.177. The first-order valence-corrected chi connectivity index (χ1v) is 10.1. The lowest BCUT2D eigenvalue weighted by atomic mass is 10.2. The number of amides is 1. The molecule has 1 heterocycles. The first-order chi connectivity index (χ1) is 14.4. The van der Waals surface area contributed by atoms with Gasteiger partial charge in [0.2, 0.25) is 0 Å². The van der Waals surface area contributed by atoms with Crippen LogP contribution in [-0.2, 0) is 0 Å². The normalized spacial score (nSPS) is 10.8. The van der Waals surface area contributed by atoms with E-state index >= 15 is 0 Å². The van der Waals surface area contributed by atoms with Crippen molar-refractivity contribution in [2.75, 3.05) is 5.32 Å². The van der Waals surface area contributed by atoms with E-state index in [2.05, 4.69) is 36.8 Å². The fourth-order valence-electron chi connectivity index (χ4n) is 2.82. The number of aromatic nitrogens is 3. The van der Waals surface area contributed by atoms with E-state index < -0.39 is 0 Å². The fraction of sp³-hybridized carbons (Fsp3) is 0.0476. The number of thiocarbonyl (C=S) groups is 1. The predicted molar refractivity (Wildman–Crippen MR) is 121 cm³/mol. The largest absolute Gasteiger partial charge is 0.332 e. The van der Waals surface area contributed by atoms with Crippen molar-refractivity contribution in [3.63, 3.8) is 0 Å². The molecule has 30 heavy (non-hydrogen) atoms. The number of carbonyl (C=O) groups excluding carboxylic acids is 1. The van der Waals surface area contributed by atoms with Gasteiger partial charge in [-0.15, -0.1) is 10.2 Å². The molecule has 0 fully saturated rings. The Labute approximate surface area is 185 Å². The number of halogens is 2. The molecule has 0 aliphatic heterocycles. The van der Waals surface area contributed by atoms with Crippen molar-refractivity contribution in [2.24, 2.45) is 0 Å². The third kappa shape index (κ3) is 4.37. The Kier molecular flexibility index (Phi) is 5.56. The molecule has 0 aliphatic carbocycles. The van der Waals surface area contributed by atoms with Crippen molar-refractivity contribution in [2.45, 2.75) is 6.92 Å². The van der Waals surface area contributed by atoms with Crippen molar-refractivity contribution in [3.8, 4) is 5.69 Å². The summed E-state index contributed by atoms with van der Waals surface area (Å²) < 4.78 is 14.0. The first-order valence-electron chi connectivity index (χ1n) is 8.90. The number of hydrogen-bond donors (Lipinski definition) is 2. The molecule has 2 N–H and O–H groups in total. The number of benzene rings is 3. The van der Waals surface area contributed by atoms with Crippen LogP contribution in [0, 0.1) is 12.7 Å². The quantitative estimate of drug-likeness (QED) is 0.411.